The molecule has 31 heavy (non-hydrogen) atoms. The minimum atomic E-state index is -0.106. The number of aromatic amines is 1. The molecule has 0 saturated heterocycles. The molecule has 2 atom stereocenters. The Morgan fingerprint density at radius 1 is 0.968 bits per heavy atom. The summed E-state index contributed by atoms with van der Waals surface area (Å²) in [7, 11) is 3.25. The Labute approximate surface area is 181 Å². The number of hydrogen-bond donors (Lipinski definition) is 2. The second-order valence-electron chi connectivity index (χ2n) is 8.11. The maximum atomic E-state index is 13.5. The number of nitrogens with zero attached hydrogens (tertiary/aromatic N) is 1. The van der Waals surface area contributed by atoms with Crippen LogP contribution in [0.1, 0.15) is 47.1 Å². The topological polar surface area (TPSA) is 76.2 Å². The van der Waals surface area contributed by atoms with Gasteiger partial charge in [0.1, 0.15) is 0 Å². The first-order chi connectivity index (χ1) is 15.1. The van der Waals surface area contributed by atoms with E-state index >= 15 is 0 Å². The molecule has 2 heterocycles. The van der Waals surface area contributed by atoms with Crippen LogP contribution in [0.5, 0.6) is 11.5 Å². The molecular weight excluding hydrogens is 390 g/mol. The van der Waals surface area contributed by atoms with Crippen LogP contribution in [-0.4, -0.2) is 30.2 Å². The molecule has 1 aliphatic heterocycles. The molecule has 2 aliphatic rings. The fourth-order valence-corrected chi connectivity index (χ4v) is 4.88. The predicted molar refractivity (Wildman–Crippen MR) is 119 cm³/mol. The van der Waals surface area contributed by atoms with E-state index in [9.17, 15) is 4.79 Å². The van der Waals surface area contributed by atoms with Crippen LogP contribution in [0.15, 0.2) is 59.8 Å². The number of allylic oxidation sites excluding steroid dienone is 2. The lowest BCUT2D eigenvalue weighted by Gasteiger charge is -2.35. The molecule has 1 aromatic heterocycles. The van der Waals surface area contributed by atoms with Gasteiger partial charge in [0, 0.05) is 34.9 Å². The highest BCUT2D eigenvalue weighted by atomic mass is 16.5. The van der Waals surface area contributed by atoms with Gasteiger partial charge in [-0.15, -0.1) is 0 Å². The number of Topliss-reactive ketones (excluding diaryl/α,β-unsaturated/α-hetero) is 1. The van der Waals surface area contributed by atoms with E-state index in [0.717, 1.165) is 45.9 Å². The first-order valence-corrected chi connectivity index (χ1v) is 10.5. The lowest BCUT2D eigenvalue weighted by atomic mass is 9.72. The van der Waals surface area contributed by atoms with Gasteiger partial charge in [0.25, 0.3) is 0 Å². The number of carbonyl (C=O) groups excluding carboxylic acids is 1. The van der Waals surface area contributed by atoms with E-state index in [1.54, 1.807) is 14.2 Å². The van der Waals surface area contributed by atoms with Crippen molar-refractivity contribution >= 4 is 11.6 Å². The van der Waals surface area contributed by atoms with E-state index < -0.39 is 0 Å². The predicted octanol–water partition coefficient (Wildman–Crippen LogP) is 4.69. The van der Waals surface area contributed by atoms with Crippen LogP contribution in [0.4, 0.5) is 5.82 Å². The van der Waals surface area contributed by atoms with Gasteiger partial charge in [-0.1, -0.05) is 36.4 Å². The quantitative estimate of drug-likeness (QED) is 0.646. The van der Waals surface area contributed by atoms with Gasteiger partial charge in [0.2, 0.25) is 0 Å². The number of benzene rings is 2. The number of methoxy groups -OCH3 is 2. The zero-order valence-corrected chi connectivity index (χ0v) is 17.9. The molecule has 158 valence electrons. The highest BCUT2D eigenvalue weighted by Gasteiger charge is 2.40. The Hall–Kier alpha value is -3.54. The smallest absolute Gasteiger partial charge is 0.162 e. The zero-order valence-electron chi connectivity index (χ0n) is 17.9. The number of aryl methyl sites for hydroxylation is 1. The molecule has 1 aliphatic carbocycles. The van der Waals surface area contributed by atoms with Crippen molar-refractivity contribution in [2.45, 2.75) is 31.6 Å². The minimum Gasteiger partial charge on any atom is -0.493 e. The molecule has 0 saturated carbocycles. The van der Waals surface area contributed by atoms with Gasteiger partial charge >= 0.3 is 0 Å². The number of fused-ring (bicyclic) bond motifs is 1. The molecule has 0 radical (unpaired) electrons. The molecule has 0 fully saturated rings. The summed E-state index contributed by atoms with van der Waals surface area (Å²) in [6.45, 7) is 2.01. The number of anilines is 1. The van der Waals surface area contributed by atoms with E-state index in [1.807, 2.05) is 43.3 Å². The fourth-order valence-electron chi connectivity index (χ4n) is 4.88. The number of H-pyrrole nitrogens is 1. The van der Waals surface area contributed by atoms with Crippen molar-refractivity contribution in [1.29, 1.82) is 0 Å². The van der Waals surface area contributed by atoms with Crippen molar-refractivity contribution in [2.75, 3.05) is 19.5 Å². The van der Waals surface area contributed by atoms with E-state index in [4.69, 9.17) is 9.47 Å². The van der Waals surface area contributed by atoms with E-state index in [1.165, 1.54) is 0 Å². The van der Waals surface area contributed by atoms with Crippen molar-refractivity contribution in [2.24, 2.45) is 0 Å². The van der Waals surface area contributed by atoms with Gasteiger partial charge in [-0.25, -0.2) is 0 Å². The summed E-state index contributed by atoms with van der Waals surface area (Å²) in [5, 5.41) is 11.0. The van der Waals surface area contributed by atoms with Crippen molar-refractivity contribution < 1.29 is 14.3 Å². The number of rotatable bonds is 4. The third-order valence-corrected chi connectivity index (χ3v) is 6.36. The summed E-state index contributed by atoms with van der Waals surface area (Å²) in [6, 6.07) is 16.1. The van der Waals surface area contributed by atoms with Gasteiger partial charge in [0.05, 0.1) is 14.2 Å². The summed E-state index contributed by atoms with van der Waals surface area (Å²) in [5.41, 5.74) is 6.05. The molecular formula is C25H25N3O3. The molecule has 5 rings (SSSR count). The Morgan fingerprint density at radius 3 is 2.48 bits per heavy atom. The first-order valence-electron chi connectivity index (χ1n) is 10.5. The van der Waals surface area contributed by atoms with Gasteiger partial charge in [-0.05, 0) is 42.5 Å². The van der Waals surface area contributed by atoms with Crippen LogP contribution < -0.4 is 14.8 Å². The second kappa shape index (κ2) is 7.61. The maximum Gasteiger partial charge on any atom is 0.162 e. The van der Waals surface area contributed by atoms with E-state index in [0.29, 0.717) is 17.9 Å². The number of nitrogens with one attached hydrogen (secondary N) is 2. The summed E-state index contributed by atoms with van der Waals surface area (Å²) in [5.74, 6) is 2.31. The summed E-state index contributed by atoms with van der Waals surface area (Å²) >= 11 is 0. The van der Waals surface area contributed by atoms with Crippen molar-refractivity contribution in [3.05, 3.63) is 82.2 Å². The van der Waals surface area contributed by atoms with Crippen LogP contribution in [0, 0.1) is 6.92 Å². The Kier molecular flexibility index (Phi) is 4.77. The average molecular weight is 415 g/mol. The third kappa shape index (κ3) is 3.19. The Bertz CT molecular complexity index is 1180. The van der Waals surface area contributed by atoms with Crippen molar-refractivity contribution in [1.82, 2.24) is 10.2 Å². The number of aromatic nitrogens is 2. The molecule has 6 heteroatoms. The first kappa shape index (κ1) is 19.4. The van der Waals surface area contributed by atoms with Gasteiger partial charge < -0.3 is 14.8 Å². The normalized spacial score (nSPS) is 20.0. The number of ketones is 1. The highest BCUT2D eigenvalue weighted by Crippen LogP contribution is 2.48. The van der Waals surface area contributed by atoms with Crippen LogP contribution in [0.2, 0.25) is 0 Å². The van der Waals surface area contributed by atoms with Gasteiger partial charge in [-0.3, -0.25) is 9.89 Å². The summed E-state index contributed by atoms with van der Waals surface area (Å²) in [6.07, 6.45) is 1.21. The number of hydrogen-bond acceptors (Lipinski definition) is 5. The number of carbonyl (C=O) groups is 1. The largest absolute Gasteiger partial charge is 0.493 e. The Balaban J connectivity index is 1.57. The van der Waals surface area contributed by atoms with Crippen molar-refractivity contribution in [3.63, 3.8) is 0 Å². The SMILES string of the molecule is COc1ccc([C@H]2CC(=O)C3=C(C2)Nc2n[nH]c(C)c2[C@@H]3c2ccccc2)cc1OC. The standard InChI is InChI=1S/C25H25N3O3/c1-14-22-23(15-7-5-4-6-8-15)24-18(26-25(22)28-27-14)11-17(12-19(24)29)16-9-10-20(30-2)21(13-16)31-3/h4-10,13,17,23H,11-12H2,1-3H3,(H2,26,27,28)/t17-,23+/m1/s1. The highest BCUT2D eigenvalue weighted by molar-refractivity contribution is 6.01. The van der Waals surface area contributed by atoms with Crippen LogP contribution in [0.3, 0.4) is 0 Å². The van der Waals surface area contributed by atoms with E-state index in [-0.39, 0.29) is 17.6 Å². The minimum absolute atomic E-state index is 0.0663. The summed E-state index contributed by atoms with van der Waals surface area (Å²) < 4.78 is 10.8. The van der Waals surface area contributed by atoms with E-state index in [2.05, 4.69) is 27.6 Å². The van der Waals surface area contributed by atoms with Crippen LogP contribution >= 0.6 is 0 Å². The third-order valence-electron chi connectivity index (χ3n) is 6.36. The lowest BCUT2D eigenvalue weighted by molar-refractivity contribution is -0.116. The molecule has 2 N–H and O–H groups in total. The summed E-state index contributed by atoms with van der Waals surface area (Å²) in [4.78, 5) is 13.5. The molecule has 0 amide bonds. The zero-order chi connectivity index (χ0) is 21.5. The molecule has 0 unspecified atom stereocenters. The monoisotopic (exact) mass is 415 g/mol. The molecule has 0 spiro atoms. The second-order valence-corrected chi connectivity index (χ2v) is 8.11. The van der Waals surface area contributed by atoms with Crippen LogP contribution in [-0.2, 0) is 4.79 Å². The fraction of sp³-hybridized carbons (Fsp3) is 0.280. The van der Waals surface area contributed by atoms with Gasteiger partial charge in [0.15, 0.2) is 23.1 Å². The lowest BCUT2D eigenvalue weighted by Crippen LogP contribution is -2.29. The Morgan fingerprint density at radius 2 is 1.74 bits per heavy atom. The molecule has 0 bridgehead atoms. The molecule has 6 nitrogen and oxygen atoms in total. The van der Waals surface area contributed by atoms with Crippen LogP contribution in [0.25, 0.3) is 0 Å². The average Bonchev–Trinajstić information content (AvgIpc) is 3.17. The molecule has 2 aromatic carbocycles. The molecule has 3 aromatic rings. The van der Waals surface area contributed by atoms with Crippen molar-refractivity contribution in [3.8, 4) is 11.5 Å². The number of ether oxygens (including phenoxy) is 2. The van der Waals surface area contributed by atoms with Gasteiger partial charge in [-0.2, -0.15) is 5.10 Å². The maximum absolute atomic E-state index is 13.5.